The van der Waals surface area contributed by atoms with Crippen molar-refractivity contribution < 1.29 is 9.53 Å². The van der Waals surface area contributed by atoms with E-state index in [-0.39, 0.29) is 18.6 Å². The SMILES string of the molecule is Cc1ccc(OCC(=O)N(c2ccccn2)C2CCSC2)cc1. The summed E-state index contributed by atoms with van der Waals surface area (Å²) < 4.78 is 5.66. The van der Waals surface area contributed by atoms with Crippen LogP contribution >= 0.6 is 11.8 Å². The molecule has 0 N–H and O–H groups in total. The molecule has 5 heteroatoms. The van der Waals surface area contributed by atoms with Gasteiger partial charge >= 0.3 is 0 Å². The van der Waals surface area contributed by atoms with E-state index in [0.29, 0.717) is 11.6 Å². The van der Waals surface area contributed by atoms with Gasteiger partial charge in [-0.15, -0.1) is 0 Å². The maximum atomic E-state index is 12.7. The van der Waals surface area contributed by atoms with Crippen molar-refractivity contribution in [1.82, 2.24) is 4.98 Å². The van der Waals surface area contributed by atoms with E-state index in [1.54, 1.807) is 11.1 Å². The fourth-order valence-corrected chi connectivity index (χ4v) is 3.78. The predicted octanol–water partition coefficient (Wildman–Crippen LogP) is 3.31. The highest BCUT2D eigenvalue weighted by Crippen LogP contribution is 2.26. The van der Waals surface area contributed by atoms with Gasteiger partial charge in [-0.3, -0.25) is 9.69 Å². The zero-order valence-electron chi connectivity index (χ0n) is 13.1. The molecule has 1 aromatic carbocycles. The summed E-state index contributed by atoms with van der Waals surface area (Å²) in [5, 5.41) is 0. The summed E-state index contributed by atoms with van der Waals surface area (Å²) in [6.07, 6.45) is 2.72. The Morgan fingerprint density at radius 1 is 1.30 bits per heavy atom. The number of aryl methyl sites for hydroxylation is 1. The molecule has 1 saturated heterocycles. The van der Waals surface area contributed by atoms with Gasteiger partial charge < -0.3 is 4.74 Å². The van der Waals surface area contributed by atoms with E-state index in [0.717, 1.165) is 17.9 Å². The van der Waals surface area contributed by atoms with Gasteiger partial charge in [0, 0.05) is 18.0 Å². The molecule has 0 radical (unpaired) electrons. The van der Waals surface area contributed by atoms with E-state index >= 15 is 0 Å². The maximum Gasteiger partial charge on any atom is 0.266 e. The highest BCUT2D eigenvalue weighted by atomic mass is 32.2. The molecule has 1 aromatic heterocycles. The number of nitrogens with zero attached hydrogens (tertiary/aromatic N) is 2. The number of hydrogen-bond donors (Lipinski definition) is 0. The quantitative estimate of drug-likeness (QED) is 0.844. The van der Waals surface area contributed by atoms with Crippen molar-refractivity contribution in [2.45, 2.75) is 19.4 Å². The molecule has 1 fully saturated rings. The Morgan fingerprint density at radius 3 is 2.78 bits per heavy atom. The number of anilines is 1. The third kappa shape index (κ3) is 4.05. The summed E-state index contributed by atoms with van der Waals surface area (Å²) in [5.74, 6) is 3.41. The zero-order chi connectivity index (χ0) is 16.1. The van der Waals surface area contributed by atoms with Crippen LogP contribution in [-0.4, -0.2) is 35.0 Å². The molecule has 2 heterocycles. The van der Waals surface area contributed by atoms with Crippen LogP contribution in [-0.2, 0) is 4.79 Å². The second-order valence-electron chi connectivity index (χ2n) is 5.57. The van der Waals surface area contributed by atoms with Crippen molar-refractivity contribution in [2.24, 2.45) is 0 Å². The molecule has 3 rings (SSSR count). The molecule has 0 spiro atoms. The summed E-state index contributed by atoms with van der Waals surface area (Å²) >= 11 is 1.88. The van der Waals surface area contributed by atoms with Crippen molar-refractivity contribution in [1.29, 1.82) is 0 Å². The largest absolute Gasteiger partial charge is 0.484 e. The monoisotopic (exact) mass is 328 g/mol. The molecular formula is C18H20N2O2S. The second-order valence-corrected chi connectivity index (χ2v) is 6.72. The minimum absolute atomic E-state index is 0.0286. The van der Waals surface area contributed by atoms with E-state index in [1.165, 1.54) is 5.56 Å². The van der Waals surface area contributed by atoms with Crippen LogP contribution in [0, 0.1) is 6.92 Å². The number of thioether (sulfide) groups is 1. The van der Waals surface area contributed by atoms with Crippen molar-refractivity contribution in [3.63, 3.8) is 0 Å². The van der Waals surface area contributed by atoms with Crippen molar-refractivity contribution in [3.8, 4) is 5.75 Å². The van der Waals surface area contributed by atoms with Crippen LogP contribution in [0.5, 0.6) is 5.75 Å². The second kappa shape index (κ2) is 7.51. The van der Waals surface area contributed by atoms with Crippen LogP contribution < -0.4 is 9.64 Å². The minimum Gasteiger partial charge on any atom is -0.484 e. The lowest BCUT2D eigenvalue weighted by Gasteiger charge is -2.27. The van der Waals surface area contributed by atoms with Gasteiger partial charge in [-0.25, -0.2) is 4.98 Å². The fourth-order valence-electron chi connectivity index (χ4n) is 2.59. The standard InChI is InChI=1S/C18H20N2O2S/c1-14-5-7-16(8-6-14)22-12-18(21)20(15-9-11-23-13-15)17-4-2-3-10-19-17/h2-8,10,15H,9,11-13H2,1H3. The van der Waals surface area contributed by atoms with Crippen LogP contribution in [0.3, 0.4) is 0 Å². The number of rotatable bonds is 5. The van der Waals surface area contributed by atoms with E-state index in [1.807, 2.05) is 61.2 Å². The van der Waals surface area contributed by atoms with Gasteiger partial charge in [-0.05, 0) is 43.4 Å². The molecular weight excluding hydrogens is 308 g/mol. The molecule has 4 nitrogen and oxygen atoms in total. The number of benzene rings is 1. The molecule has 1 amide bonds. The van der Waals surface area contributed by atoms with E-state index in [9.17, 15) is 4.79 Å². The first-order valence-electron chi connectivity index (χ1n) is 7.74. The first kappa shape index (κ1) is 15.9. The highest BCUT2D eigenvalue weighted by Gasteiger charge is 2.29. The summed E-state index contributed by atoms with van der Waals surface area (Å²) in [6.45, 7) is 2.05. The minimum atomic E-state index is -0.0447. The number of carbonyl (C=O) groups is 1. The topological polar surface area (TPSA) is 42.4 Å². The summed E-state index contributed by atoms with van der Waals surface area (Å²) in [6, 6.07) is 13.6. The Kier molecular flexibility index (Phi) is 5.18. The lowest BCUT2D eigenvalue weighted by atomic mass is 10.2. The van der Waals surface area contributed by atoms with Crippen molar-refractivity contribution >= 4 is 23.5 Å². The molecule has 2 aromatic rings. The number of ether oxygens (including phenoxy) is 1. The van der Waals surface area contributed by atoms with Gasteiger partial charge in [-0.1, -0.05) is 23.8 Å². The normalized spacial score (nSPS) is 17.0. The number of amides is 1. The molecule has 1 aliphatic heterocycles. The predicted molar refractivity (Wildman–Crippen MR) is 94.1 cm³/mol. The molecule has 120 valence electrons. The van der Waals surface area contributed by atoms with Gasteiger partial charge in [0.25, 0.3) is 5.91 Å². The van der Waals surface area contributed by atoms with E-state index < -0.39 is 0 Å². The highest BCUT2D eigenvalue weighted by molar-refractivity contribution is 7.99. The average Bonchev–Trinajstić information content (AvgIpc) is 3.10. The molecule has 1 aliphatic rings. The molecule has 1 unspecified atom stereocenters. The summed E-state index contributed by atoms with van der Waals surface area (Å²) in [4.78, 5) is 18.9. The lowest BCUT2D eigenvalue weighted by molar-refractivity contribution is -0.121. The molecule has 1 atom stereocenters. The first-order valence-corrected chi connectivity index (χ1v) is 8.90. The Labute approximate surface area is 140 Å². The maximum absolute atomic E-state index is 12.7. The molecule has 0 saturated carbocycles. The zero-order valence-corrected chi connectivity index (χ0v) is 14.0. The van der Waals surface area contributed by atoms with Crippen LogP contribution in [0.15, 0.2) is 48.7 Å². The molecule has 23 heavy (non-hydrogen) atoms. The Hall–Kier alpha value is -2.01. The van der Waals surface area contributed by atoms with Gasteiger partial charge in [0.2, 0.25) is 0 Å². The van der Waals surface area contributed by atoms with Gasteiger partial charge in [0.05, 0.1) is 0 Å². The molecule has 0 aliphatic carbocycles. The average molecular weight is 328 g/mol. The first-order chi connectivity index (χ1) is 11.2. The third-order valence-electron chi connectivity index (χ3n) is 3.82. The van der Waals surface area contributed by atoms with Crippen molar-refractivity contribution in [3.05, 3.63) is 54.2 Å². The Bertz CT molecular complexity index is 640. The van der Waals surface area contributed by atoms with Crippen LogP contribution in [0.4, 0.5) is 5.82 Å². The number of hydrogen-bond acceptors (Lipinski definition) is 4. The summed E-state index contributed by atoms with van der Waals surface area (Å²) in [7, 11) is 0. The van der Waals surface area contributed by atoms with Crippen molar-refractivity contribution in [2.75, 3.05) is 23.0 Å². The lowest BCUT2D eigenvalue weighted by Crippen LogP contribution is -2.43. The van der Waals surface area contributed by atoms with Crippen LogP contribution in [0.25, 0.3) is 0 Å². The number of pyridine rings is 1. The Morgan fingerprint density at radius 2 is 2.13 bits per heavy atom. The van der Waals surface area contributed by atoms with Gasteiger partial charge in [0.1, 0.15) is 11.6 Å². The molecule has 0 bridgehead atoms. The van der Waals surface area contributed by atoms with Gasteiger partial charge in [-0.2, -0.15) is 11.8 Å². The van der Waals surface area contributed by atoms with Gasteiger partial charge in [0.15, 0.2) is 6.61 Å². The van der Waals surface area contributed by atoms with Crippen LogP contribution in [0.1, 0.15) is 12.0 Å². The Balaban J connectivity index is 1.71. The third-order valence-corrected chi connectivity index (χ3v) is 4.96. The number of aromatic nitrogens is 1. The number of carbonyl (C=O) groups excluding carboxylic acids is 1. The van der Waals surface area contributed by atoms with E-state index in [4.69, 9.17) is 4.74 Å². The van der Waals surface area contributed by atoms with E-state index in [2.05, 4.69) is 4.98 Å². The van der Waals surface area contributed by atoms with Crippen LogP contribution in [0.2, 0.25) is 0 Å². The fraction of sp³-hybridized carbons (Fsp3) is 0.333. The smallest absolute Gasteiger partial charge is 0.266 e. The summed E-state index contributed by atoms with van der Waals surface area (Å²) in [5.41, 5.74) is 1.17.